The van der Waals surface area contributed by atoms with E-state index >= 15 is 0 Å². The number of nitrogens with zero attached hydrogens (tertiary/aromatic N) is 2. The van der Waals surface area contributed by atoms with Gasteiger partial charge < -0.3 is 19.9 Å². The van der Waals surface area contributed by atoms with Crippen LogP contribution in [-0.4, -0.2) is 36.9 Å². The molecule has 4 rings (SSSR count). The van der Waals surface area contributed by atoms with Crippen molar-refractivity contribution >= 4 is 6.02 Å². The van der Waals surface area contributed by atoms with E-state index in [2.05, 4.69) is 9.98 Å². The number of hydrogen-bond donors (Lipinski definition) is 1. The normalized spacial score (nSPS) is 25.0. The van der Waals surface area contributed by atoms with Gasteiger partial charge in [0.05, 0.1) is 19.9 Å². The van der Waals surface area contributed by atoms with Crippen LogP contribution in [0.4, 0.5) is 4.39 Å². The average molecular weight is 343 g/mol. The molecule has 1 fully saturated rings. The number of methoxy groups -OCH3 is 1. The van der Waals surface area contributed by atoms with Gasteiger partial charge in [-0.2, -0.15) is 0 Å². The van der Waals surface area contributed by atoms with Crippen molar-refractivity contribution in [2.24, 2.45) is 10.7 Å². The Balaban J connectivity index is 1.80. The van der Waals surface area contributed by atoms with Gasteiger partial charge in [0, 0.05) is 23.7 Å². The topological polar surface area (TPSA) is 79.0 Å². The molecular weight excluding hydrogens is 325 g/mol. The smallest absolute Gasteiger partial charge is 0.282 e. The van der Waals surface area contributed by atoms with Crippen molar-refractivity contribution in [2.75, 3.05) is 13.7 Å². The average Bonchev–Trinajstić information content (AvgIpc) is 3.09. The van der Waals surface area contributed by atoms with E-state index in [-0.39, 0.29) is 30.1 Å². The number of benzene rings is 1. The minimum atomic E-state index is -0.385. The monoisotopic (exact) mass is 343 g/mol. The number of rotatable bonds is 2. The van der Waals surface area contributed by atoms with E-state index in [1.807, 2.05) is 18.2 Å². The Morgan fingerprint density at radius 3 is 3.00 bits per heavy atom. The number of nitrogens with two attached hydrogens (primary N) is 1. The maximum absolute atomic E-state index is 13.5. The molecule has 0 saturated carbocycles. The molecule has 1 aromatic carbocycles. The van der Waals surface area contributed by atoms with Gasteiger partial charge in [-0.15, -0.1) is 0 Å². The number of aromatic nitrogens is 1. The zero-order valence-corrected chi connectivity index (χ0v) is 13.7. The minimum Gasteiger partial charge on any atom is -0.487 e. The molecule has 2 N–H and O–H groups in total. The minimum absolute atomic E-state index is 0.0624. The predicted molar refractivity (Wildman–Crippen MR) is 89.8 cm³/mol. The van der Waals surface area contributed by atoms with Crippen molar-refractivity contribution in [1.29, 1.82) is 0 Å². The highest BCUT2D eigenvalue weighted by molar-refractivity contribution is 5.72. The lowest BCUT2D eigenvalue weighted by molar-refractivity contribution is 0.0207. The molecule has 2 aromatic rings. The van der Waals surface area contributed by atoms with Crippen molar-refractivity contribution in [3.8, 4) is 16.9 Å². The van der Waals surface area contributed by atoms with Crippen molar-refractivity contribution < 1.29 is 18.6 Å². The molecule has 1 saturated heterocycles. The lowest BCUT2D eigenvalue weighted by Gasteiger charge is -2.33. The number of halogens is 1. The fraction of sp³-hybridized carbons (Fsp3) is 0.333. The molecule has 2 aliphatic rings. The Bertz CT molecular complexity index is 827. The number of hydrogen-bond acceptors (Lipinski definition) is 5. The van der Waals surface area contributed by atoms with Crippen LogP contribution in [0.5, 0.6) is 5.75 Å². The van der Waals surface area contributed by atoms with E-state index < -0.39 is 0 Å². The summed E-state index contributed by atoms with van der Waals surface area (Å²) in [5, 5.41) is 0. The van der Waals surface area contributed by atoms with Crippen LogP contribution < -0.4 is 10.5 Å². The SMILES string of the molecule is COC(N)=NC1c2cc(-c3cncc(F)c3)ccc2OC2CCOC21. The van der Waals surface area contributed by atoms with Crippen molar-refractivity contribution in [3.63, 3.8) is 0 Å². The van der Waals surface area contributed by atoms with Crippen LogP contribution in [0.25, 0.3) is 11.1 Å². The highest BCUT2D eigenvalue weighted by atomic mass is 19.1. The van der Waals surface area contributed by atoms with E-state index in [9.17, 15) is 4.39 Å². The first-order valence-electron chi connectivity index (χ1n) is 8.06. The Labute approximate surface area is 144 Å². The molecule has 7 heteroatoms. The number of pyridine rings is 1. The van der Waals surface area contributed by atoms with Gasteiger partial charge in [-0.3, -0.25) is 4.98 Å². The molecule has 0 aliphatic carbocycles. The second-order valence-corrected chi connectivity index (χ2v) is 6.04. The molecule has 0 radical (unpaired) electrons. The van der Waals surface area contributed by atoms with Crippen LogP contribution in [-0.2, 0) is 9.47 Å². The summed E-state index contributed by atoms with van der Waals surface area (Å²) >= 11 is 0. The van der Waals surface area contributed by atoms with Crippen LogP contribution in [0, 0.1) is 5.82 Å². The maximum atomic E-state index is 13.5. The van der Waals surface area contributed by atoms with Gasteiger partial charge in [-0.05, 0) is 23.8 Å². The zero-order valence-electron chi connectivity index (χ0n) is 13.7. The second kappa shape index (κ2) is 6.33. The Kier molecular flexibility index (Phi) is 4.01. The molecule has 1 aromatic heterocycles. The van der Waals surface area contributed by atoms with E-state index in [1.54, 1.807) is 6.20 Å². The first kappa shape index (κ1) is 15.8. The molecule has 6 nitrogen and oxygen atoms in total. The van der Waals surface area contributed by atoms with E-state index in [4.69, 9.17) is 19.9 Å². The highest BCUT2D eigenvalue weighted by Gasteiger charge is 2.43. The van der Waals surface area contributed by atoms with Gasteiger partial charge in [0.1, 0.15) is 29.8 Å². The van der Waals surface area contributed by atoms with Gasteiger partial charge >= 0.3 is 0 Å². The lowest BCUT2D eigenvalue weighted by atomic mass is 9.91. The number of ether oxygens (including phenoxy) is 3. The molecule has 3 heterocycles. The summed E-state index contributed by atoms with van der Waals surface area (Å²) in [6.07, 6.45) is 3.31. The first-order valence-corrected chi connectivity index (χ1v) is 8.06. The van der Waals surface area contributed by atoms with Crippen LogP contribution in [0.2, 0.25) is 0 Å². The largest absolute Gasteiger partial charge is 0.487 e. The van der Waals surface area contributed by atoms with Crippen LogP contribution in [0.15, 0.2) is 41.7 Å². The molecule has 3 unspecified atom stereocenters. The van der Waals surface area contributed by atoms with Gasteiger partial charge in [0.2, 0.25) is 0 Å². The zero-order chi connectivity index (χ0) is 17.4. The molecule has 2 aliphatic heterocycles. The van der Waals surface area contributed by atoms with Crippen molar-refractivity contribution in [2.45, 2.75) is 24.7 Å². The van der Waals surface area contributed by atoms with Gasteiger partial charge in [-0.1, -0.05) is 6.07 Å². The van der Waals surface area contributed by atoms with E-state index in [0.29, 0.717) is 12.2 Å². The van der Waals surface area contributed by atoms with Gasteiger partial charge in [0.25, 0.3) is 6.02 Å². The van der Waals surface area contributed by atoms with Gasteiger partial charge in [0.15, 0.2) is 0 Å². The van der Waals surface area contributed by atoms with E-state index in [1.165, 1.54) is 19.4 Å². The summed E-state index contributed by atoms with van der Waals surface area (Å²) in [7, 11) is 1.47. The summed E-state index contributed by atoms with van der Waals surface area (Å²) in [6, 6.07) is 6.86. The fourth-order valence-corrected chi connectivity index (χ4v) is 3.32. The molecule has 3 atom stereocenters. The maximum Gasteiger partial charge on any atom is 0.282 e. The molecule has 0 amide bonds. The second-order valence-electron chi connectivity index (χ2n) is 6.04. The summed E-state index contributed by atoms with van der Waals surface area (Å²) in [4.78, 5) is 8.38. The third-order valence-corrected chi connectivity index (χ3v) is 4.51. The summed E-state index contributed by atoms with van der Waals surface area (Å²) in [6.45, 7) is 0.614. The van der Waals surface area contributed by atoms with E-state index in [0.717, 1.165) is 23.3 Å². The van der Waals surface area contributed by atoms with Crippen LogP contribution in [0.1, 0.15) is 18.0 Å². The Hall–Kier alpha value is -2.67. The molecule has 0 spiro atoms. The Morgan fingerprint density at radius 1 is 1.32 bits per heavy atom. The van der Waals surface area contributed by atoms with Crippen molar-refractivity contribution in [1.82, 2.24) is 4.98 Å². The summed E-state index contributed by atoms with van der Waals surface area (Å²) in [5.74, 6) is 0.348. The molecule has 130 valence electrons. The number of aliphatic imine (C=N–C) groups is 1. The molecule has 0 bridgehead atoms. The Morgan fingerprint density at radius 2 is 2.20 bits per heavy atom. The molecular formula is C18H18FN3O3. The number of amidine groups is 1. The fourth-order valence-electron chi connectivity index (χ4n) is 3.32. The number of fused-ring (bicyclic) bond motifs is 2. The first-order chi connectivity index (χ1) is 12.2. The molecule has 25 heavy (non-hydrogen) atoms. The highest BCUT2D eigenvalue weighted by Crippen LogP contribution is 2.43. The standard InChI is InChI=1S/C18H18FN3O3/c1-23-18(20)22-16-13-7-10(11-6-12(19)9-21-8-11)2-3-14(13)25-15-4-5-24-17(15)16/h2-3,6-9,15-17H,4-5H2,1H3,(H2,20,22). The third kappa shape index (κ3) is 2.91. The summed E-state index contributed by atoms with van der Waals surface area (Å²) in [5.41, 5.74) is 8.12. The van der Waals surface area contributed by atoms with Gasteiger partial charge in [-0.25, -0.2) is 9.38 Å². The quantitative estimate of drug-likeness (QED) is 0.669. The lowest BCUT2D eigenvalue weighted by Crippen LogP contribution is -2.37. The van der Waals surface area contributed by atoms with Crippen LogP contribution in [0.3, 0.4) is 0 Å². The summed E-state index contributed by atoms with van der Waals surface area (Å²) < 4.78 is 30.4. The van der Waals surface area contributed by atoms with Crippen molar-refractivity contribution in [3.05, 3.63) is 48.0 Å². The predicted octanol–water partition coefficient (Wildman–Crippen LogP) is 2.44. The van der Waals surface area contributed by atoms with Crippen LogP contribution >= 0.6 is 0 Å². The third-order valence-electron chi connectivity index (χ3n) is 4.51.